The number of rotatable bonds is 55. The van der Waals surface area contributed by atoms with E-state index in [4.69, 9.17) is 66.1 Å². The number of phosphoric ester groups is 2. The van der Waals surface area contributed by atoms with Crippen LogP contribution in [0.1, 0.15) is 178 Å². The normalized spacial score (nSPS) is 13.3. The smallest absolute Gasteiger partial charge is 0.474 e. The maximum absolute atomic E-state index is 13.2. The summed E-state index contributed by atoms with van der Waals surface area (Å²) in [6.07, 6.45) is 18.4. The Balaban J connectivity index is 1.55. The summed E-state index contributed by atoms with van der Waals surface area (Å²) >= 11 is 6.41. The summed E-state index contributed by atoms with van der Waals surface area (Å²) in [5.74, 6) is -0.632. The third-order valence-electron chi connectivity index (χ3n) is 12.5. The van der Waals surface area contributed by atoms with Crippen molar-refractivity contribution in [3.63, 3.8) is 0 Å². The zero-order valence-electron chi connectivity index (χ0n) is 49.5. The Morgan fingerprint density at radius 1 is 0.405 bits per heavy atom. The predicted octanol–water partition coefficient (Wildman–Crippen LogP) is 15.0. The monoisotopic (exact) mass is 1350 g/mol. The van der Waals surface area contributed by atoms with Gasteiger partial charge in [0.15, 0.2) is 12.2 Å². The largest absolute Gasteiger partial charge is 0.494 e. The molecule has 0 radical (unpaired) electrons. The van der Waals surface area contributed by atoms with Crippen LogP contribution in [0.5, 0.6) is 11.5 Å². The molecule has 0 aliphatic heterocycles. The number of hydrogen-bond donors (Lipinski definition) is 0. The highest BCUT2D eigenvalue weighted by atomic mass is 79.9. The fraction of sp³-hybridized carbons (Fsp3) is 0.700. The van der Waals surface area contributed by atoms with Crippen LogP contribution in [-0.2, 0) is 74.4 Å². The van der Waals surface area contributed by atoms with E-state index in [1.54, 1.807) is 0 Å². The van der Waals surface area contributed by atoms with Crippen LogP contribution in [0.15, 0.2) is 48.5 Å². The number of nitrogens with zero attached hydrogens (tertiary/aromatic N) is 2. The van der Waals surface area contributed by atoms with Gasteiger partial charge in [0.2, 0.25) is 0 Å². The van der Waals surface area contributed by atoms with Crippen LogP contribution in [0, 0.1) is 36.5 Å². The van der Waals surface area contributed by atoms with Gasteiger partial charge in [-0.3, -0.25) is 46.3 Å². The molecule has 2 aromatic rings. The van der Waals surface area contributed by atoms with Crippen molar-refractivity contribution in [1.82, 2.24) is 0 Å². The third-order valence-corrected chi connectivity index (χ3v) is 16.1. The molecule has 2 unspecified atom stereocenters. The fourth-order valence-electron chi connectivity index (χ4n) is 7.96. The van der Waals surface area contributed by atoms with Crippen molar-refractivity contribution in [1.29, 1.82) is 10.5 Å². The number of carbonyl (C=O) groups excluding carboxylic acids is 4. The van der Waals surface area contributed by atoms with Crippen LogP contribution < -0.4 is 9.47 Å². The second kappa shape index (κ2) is 50.1. The first-order valence-corrected chi connectivity index (χ1v) is 34.9. The molecule has 24 heteroatoms. The van der Waals surface area contributed by atoms with Crippen molar-refractivity contribution in [2.45, 2.75) is 193 Å². The minimum Gasteiger partial charge on any atom is -0.494 e. The molecule has 0 bridgehead atoms. The maximum atomic E-state index is 13.2. The van der Waals surface area contributed by atoms with E-state index in [1.807, 2.05) is 74.5 Å². The highest BCUT2D eigenvalue weighted by Gasteiger charge is 2.31. The average Bonchev–Trinajstić information content (AvgIpc) is 3.60. The number of esters is 4. The molecule has 0 aromatic heterocycles. The van der Waals surface area contributed by atoms with Crippen LogP contribution in [-0.4, -0.2) is 113 Å². The highest BCUT2D eigenvalue weighted by molar-refractivity contribution is 9.09. The first-order valence-electron chi connectivity index (χ1n) is 29.7. The van der Waals surface area contributed by atoms with Gasteiger partial charge in [-0.15, -0.1) is 0 Å². The van der Waals surface area contributed by atoms with E-state index in [0.717, 1.165) is 62.5 Å². The first-order chi connectivity index (χ1) is 40.7. The van der Waals surface area contributed by atoms with E-state index >= 15 is 0 Å². The number of alkyl halides is 2. The van der Waals surface area contributed by atoms with Crippen molar-refractivity contribution in [3.8, 4) is 23.6 Å². The molecule has 0 saturated carbocycles. The summed E-state index contributed by atoms with van der Waals surface area (Å²) < 4.78 is 91.9. The molecule has 0 saturated heterocycles. The Bertz CT molecular complexity index is 2100. The number of hydrogen-bond acceptors (Lipinski definition) is 20. The van der Waals surface area contributed by atoms with E-state index < -0.39 is 64.9 Å². The Hall–Kier alpha value is -3.92. The molecule has 0 aliphatic rings. The summed E-state index contributed by atoms with van der Waals surface area (Å²) in [4.78, 5) is 50.9. The minimum absolute atomic E-state index is 0.00300. The van der Waals surface area contributed by atoms with E-state index in [-0.39, 0.29) is 91.4 Å². The van der Waals surface area contributed by atoms with Gasteiger partial charge >= 0.3 is 39.5 Å². The molecular weight excluding hydrogens is 1260 g/mol. The third kappa shape index (κ3) is 42.0. The fourth-order valence-corrected chi connectivity index (χ4v) is 11.2. The average molecular weight is 1350 g/mol. The van der Waals surface area contributed by atoms with Crippen molar-refractivity contribution >= 4 is 71.4 Å². The molecule has 2 rings (SSSR count). The molecule has 0 heterocycles. The Morgan fingerprint density at radius 2 is 0.702 bits per heavy atom. The Labute approximate surface area is 516 Å². The van der Waals surface area contributed by atoms with Gasteiger partial charge in [-0.2, -0.15) is 10.5 Å². The lowest BCUT2D eigenvalue weighted by molar-refractivity contribution is -0.161. The molecule has 0 fully saturated rings. The highest BCUT2D eigenvalue weighted by Crippen LogP contribution is 2.50. The lowest BCUT2D eigenvalue weighted by Gasteiger charge is -2.22. The van der Waals surface area contributed by atoms with Crippen LogP contribution in [0.4, 0.5) is 0 Å². The number of benzene rings is 2. The van der Waals surface area contributed by atoms with Gasteiger partial charge in [-0.05, 0) is 63.8 Å². The van der Waals surface area contributed by atoms with Gasteiger partial charge in [-0.25, -0.2) is 9.13 Å². The maximum Gasteiger partial charge on any atom is 0.474 e. The Kier molecular flexibility index (Phi) is 45.5. The van der Waals surface area contributed by atoms with Crippen LogP contribution in [0.3, 0.4) is 0 Å². The number of halogens is 2. The number of phosphoric acid groups is 2. The van der Waals surface area contributed by atoms with Gasteiger partial charge in [0.1, 0.15) is 24.7 Å². The molecule has 4 atom stereocenters. The molecule has 2 aromatic carbocycles. The minimum atomic E-state index is -4.11. The Morgan fingerprint density at radius 3 is 1.01 bits per heavy atom. The number of unbranched alkanes of at least 4 members (excludes halogenated alkanes) is 17. The molecule has 474 valence electrons. The predicted molar refractivity (Wildman–Crippen MR) is 325 cm³/mol. The number of aryl methyl sites for hydroxylation is 2. The van der Waals surface area contributed by atoms with Crippen LogP contribution in [0.2, 0.25) is 0 Å². The standard InChI is InChI=1S/C60H92Br2N2O18P2/c1-51-29-33-53(34-30-51)71-41-21-27-59(67)81-55(49-79-83(69,77-45-37-61)75-43-23-39-63)47-73-57(65)25-19-17-15-13-11-9-7-5-3-4-6-8-10-12-14-16-18-20-26-58(66)74-48-56(50-80-84(70,78-46-38-62)76-44-24-40-64)82-60(68)28-22-42-72-54-35-31-52(2)32-36-54/h29-36,55-56H,3-28,37-38,41-50H2,1-2H3/t55-,56-,83?,84?/m1/s1. The van der Waals surface area contributed by atoms with Crippen LogP contribution >= 0.6 is 47.5 Å². The van der Waals surface area contributed by atoms with Crippen molar-refractivity contribution in [3.05, 3.63) is 59.7 Å². The van der Waals surface area contributed by atoms with E-state index in [9.17, 15) is 28.3 Å². The molecule has 0 spiro atoms. The number of carbonyl (C=O) groups is 4. The van der Waals surface area contributed by atoms with Gasteiger partial charge in [0, 0.05) is 36.3 Å². The summed E-state index contributed by atoms with van der Waals surface area (Å²) in [5, 5.41) is 18.5. The van der Waals surface area contributed by atoms with E-state index in [1.165, 1.54) is 51.4 Å². The second-order valence-electron chi connectivity index (χ2n) is 20.0. The zero-order valence-corrected chi connectivity index (χ0v) is 54.5. The topological polar surface area (TPSA) is 261 Å². The number of ether oxygens (including phenoxy) is 6. The summed E-state index contributed by atoms with van der Waals surface area (Å²) in [6.45, 7) is 2.72. The lowest BCUT2D eigenvalue weighted by Crippen LogP contribution is -2.30. The quantitative estimate of drug-likeness (QED) is 0.0196. The summed E-state index contributed by atoms with van der Waals surface area (Å²) in [6, 6.07) is 18.9. The second-order valence-corrected chi connectivity index (χ2v) is 24.9. The van der Waals surface area contributed by atoms with Crippen molar-refractivity contribution in [2.24, 2.45) is 0 Å². The zero-order chi connectivity index (χ0) is 61.2. The van der Waals surface area contributed by atoms with Crippen molar-refractivity contribution < 1.29 is 83.9 Å². The molecule has 0 aliphatic carbocycles. The first kappa shape index (κ1) is 76.2. The van der Waals surface area contributed by atoms with Gasteiger partial charge in [0.25, 0.3) is 0 Å². The molecular formula is C60H92Br2N2O18P2. The number of nitriles is 2. The molecule has 0 N–H and O–H groups in total. The van der Waals surface area contributed by atoms with E-state index in [2.05, 4.69) is 31.9 Å². The van der Waals surface area contributed by atoms with Gasteiger partial charge in [-0.1, -0.05) is 170 Å². The van der Waals surface area contributed by atoms with Crippen LogP contribution in [0.25, 0.3) is 0 Å². The van der Waals surface area contributed by atoms with Gasteiger partial charge < -0.3 is 28.4 Å². The lowest BCUT2D eigenvalue weighted by atomic mass is 10.0. The summed E-state index contributed by atoms with van der Waals surface area (Å²) in [7, 11) is -8.21. The summed E-state index contributed by atoms with van der Waals surface area (Å²) in [5.41, 5.74) is 2.21. The molecule has 20 nitrogen and oxygen atoms in total. The SMILES string of the molecule is Cc1ccc(OCCCC(=O)O[C@H](COC(=O)CCCCCCCCCCCCCCCCCCCCC(=O)OC[C@H](COP(=O)(OCCBr)OCCC#N)OC(=O)CCCOc2ccc(C)cc2)COP(=O)(OCCBr)OCCC#N)cc1. The molecule has 0 amide bonds. The van der Waals surface area contributed by atoms with E-state index in [0.29, 0.717) is 47.8 Å². The van der Waals surface area contributed by atoms with Crippen molar-refractivity contribution in [2.75, 3.05) is 76.7 Å². The van der Waals surface area contributed by atoms with Gasteiger partial charge in [0.05, 0.1) is 77.8 Å². The molecule has 84 heavy (non-hydrogen) atoms.